The molecule has 0 aromatic heterocycles. The molecule has 1 unspecified atom stereocenters. The van der Waals surface area contributed by atoms with Crippen molar-refractivity contribution in [2.24, 2.45) is 5.73 Å². The zero-order chi connectivity index (χ0) is 17.0. The molecule has 0 aliphatic rings. The van der Waals surface area contributed by atoms with Crippen molar-refractivity contribution in [3.8, 4) is 0 Å². The maximum Gasteiger partial charge on any atom is 0.248 e. The van der Waals surface area contributed by atoms with E-state index in [0.717, 1.165) is 10.5 Å². The van der Waals surface area contributed by atoms with Gasteiger partial charge in [0.1, 0.15) is 0 Å². The Labute approximate surface area is 144 Å². The van der Waals surface area contributed by atoms with Gasteiger partial charge in [-0.1, -0.05) is 17.7 Å². The molecule has 2 aromatic rings. The van der Waals surface area contributed by atoms with Crippen LogP contribution < -0.4 is 11.1 Å². The van der Waals surface area contributed by atoms with Gasteiger partial charge in [-0.05, 0) is 55.8 Å². The molecule has 0 heterocycles. The van der Waals surface area contributed by atoms with Crippen molar-refractivity contribution < 1.29 is 9.59 Å². The van der Waals surface area contributed by atoms with Gasteiger partial charge in [-0.25, -0.2) is 0 Å². The van der Waals surface area contributed by atoms with Crippen molar-refractivity contribution in [3.05, 3.63) is 58.6 Å². The number of carbonyl (C=O) groups excluding carboxylic acids is 2. The largest absolute Gasteiger partial charge is 0.366 e. The number of benzene rings is 2. The summed E-state index contributed by atoms with van der Waals surface area (Å²) in [4.78, 5) is 24.5. The van der Waals surface area contributed by atoms with E-state index in [-0.39, 0.29) is 11.2 Å². The molecule has 120 valence electrons. The summed E-state index contributed by atoms with van der Waals surface area (Å²) in [7, 11) is 0. The topological polar surface area (TPSA) is 72.2 Å². The van der Waals surface area contributed by atoms with Crippen LogP contribution in [0.25, 0.3) is 0 Å². The second-order valence-electron chi connectivity index (χ2n) is 5.10. The highest BCUT2D eigenvalue weighted by Gasteiger charge is 2.16. The van der Waals surface area contributed by atoms with Crippen LogP contribution >= 0.6 is 23.4 Å². The molecule has 4 nitrogen and oxygen atoms in total. The zero-order valence-electron chi connectivity index (χ0n) is 12.8. The van der Waals surface area contributed by atoms with Gasteiger partial charge < -0.3 is 11.1 Å². The smallest absolute Gasteiger partial charge is 0.248 e. The van der Waals surface area contributed by atoms with E-state index >= 15 is 0 Å². The number of nitrogens with two attached hydrogens (primary N) is 1. The van der Waals surface area contributed by atoms with Gasteiger partial charge >= 0.3 is 0 Å². The normalized spacial score (nSPS) is 11.8. The lowest BCUT2D eigenvalue weighted by Gasteiger charge is -2.14. The number of nitrogens with one attached hydrogen (secondary N) is 1. The van der Waals surface area contributed by atoms with Gasteiger partial charge in [0.05, 0.1) is 5.25 Å². The minimum Gasteiger partial charge on any atom is -0.366 e. The molecule has 3 N–H and O–H groups in total. The summed E-state index contributed by atoms with van der Waals surface area (Å²) < 4.78 is 0. The number of hydrogen-bond acceptors (Lipinski definition) is 3. The Hall–Kier alpha value is -1.98. The van der Waals surface area contributed by atoms with Crippen LogP contribution in [-0.4, -0.2) is 17.1 Å². The van der Waals surface area contributed by atoms with Gasteiger partial charge in [0.15, 0.2) is 0 Å². The lowest BCUT2D eigenvalue weighted by atomic mass is 10.1. The van der Waals surface area contributed by atoms with Crippen molar-refractivity contribution in [3.63, 3.8) is 0 Å². The van der Waals surface area contributed by atoms with E-state index < -0.39 is 5.91 Å². The summed E-state index contributed by atoms with van der Waals surface area (Å²) >= 11 is 7.28. The number of hydrogen-bond donors (Lipinski definition) is 2. The van der Waals surface area contributed by atoms with Gasteiger partial charge in [0, 0.05) is 21.2 Å². The summed E-state index contributed by atoms with van der Waals surface area (Å²) in [6.07, 6.45) is 0. The number of amides is 2. The molecule has 23 heavy (non-hydrogen) atoms. The van der Waals surface area contributed by atoms with Crippen LogP contribution in [0.4, 0.5) is 5.69 Å². The van der Waals surface area contributed by atoms with Crippen LogP contribution in [0.1, 0.15) is 22.8 Å². The third-order valence-electron chi connectivity index (χ3n) is 3.28. The number of carbonyl (C=O) groups is 2. The lowest BCUT2D eigenvalue weighted by molar-refractivity contribution is -0.115. The number of thioether (sulfide) groups is 1. The molecule has 0 spiro atoms. The third kappa shape index (κ3) is 4.74. The fourth-order valence-electron chi connectivity index (χ4n) is 1.92. The van der Waals surface area contributed by atoms with Crippen molar-refractivity contribution in [2.45, 2.75) is 24.0 Å². The predicted molar refractivity (Wildman–Crippen MR) is 95.1 cm³/mol. The quantitative estimate of drug-likeness (QED) is 0.806. The van der Waals surface area contributed by atoms with Crippen LogP contribution in [-0.2, 0) is 4.79 Å². The molecule has 0 radical (unpaired) electrons. The molecule has 0 saturated carbocycles. The van der Waals surface area contributed by atoms with Crippen molar-refractivity contribution in [2.75, 3.05) is 5.32 Å². The molecule has 2 amide bonds. The molecule has 1 atom stereocenters. The number of rotatable bonds is 5. The SMILES string of the molecule is Cc1ccc(C(N)=O)cc1NC(=O)C(C)Sc1ccc(Cl)cc1. The average Bonchev–Trinajstić information content (AvgIpc) is 2.51. The van der Waals surface area contributed by atoms with E-state index in [1.54, 1.807) is 30.3 Å². The molecule has 2 rings (SSSR count). The average molecular weight is 349 g/mol. The second kappa shape index (κ2) is 7.53. The van der Waals surface area contributed by atoms with Gasteiger partial charge in [0.2, 0.25) is 11.8 Å². The first-order valence-electron chi connectivity index (χ1n) is 7.00. The zero-order valence-corrected chi connectivity index (χ0v) is 14.4. The Morgan fingerprint density at radius 3 is 2.43 bits per heavy atom. The lowest BCUT2D eigenvalue weighted by Crippen LogP contribution is -2.23. The third-order valence-corrected chi connectivity index (χ3v) is 4.64. The fraction of sp³-hybridized carbons (Fsp3) is 0.176. The van der Waals surface area contributed by atoms with Gasteiger partial charge in [-0.15, -0.1) is 11.8 Å². The van der Waals surface area contributed by atoms with Gasteiger partial charge in [0.25, 0.3) is 0 Å². The first kappa shape index (κ1) is 17.4. The van der Waals surface area contributed by atoms with Crippen LogP contribution in [0, 0.1) is 6.92 Å². The minimum absolute atomic E-state index is 0.144. The van der Waals surface area contributed by atoms with E-state index in [1.165, 1.54) is 11.8 Å². The molecule has 6 heteroatoms. The van der Waals surface area contributed by atoms with Crippen LogP contribution in [0.15, 0.2) is 47.4 Å². The van der Waals surface area contributed by atoms with E-state index in [9.17, 15) is 9.59 Å². The molecule has 0 fully saturated rings. The Kier molecular flexibility index (Phi) is 5.69. The van der Waals surface area contributed by atoms with Crippen molar-refractivity contribution >= 4 is 40.9 Å². The van der Waals surface area contributed by atoms with E-state index in [2.05, 4.69) is 5.32 Å². The van der Waals surface area contributed by atoms with Crippen LogP contribution in [0.3, 0.4) is 0 Å². The molecule has 0 aliphatic heterocycles. The maximum atomic E-state index is 12.3. The number of primary amides is 1. The maximum absolute atomic E-state index is 12.3. The van der Waals surface area contributed by atoms with Gasteiger partial charge in [-0.3, -0.25) is 9.59 Å². The summed E-state index contributed by atoms with van der Waals surface area (Å²) in [5, 5.41) is 3.20. The number of halogens is 1. The molecule has 2 aromatic carbocycles. The summed E-state index contributed by atoms with van der Waals surface area (Å²) in [6, 6.07) is 12.3. The molecular formula is C17H17ClN2O2S. The molecular weight excluding hydrogens is 332 g/mol. The summed E-state index contributed by atoms with van der Waals surface area (Å²) in [6.45, 7) is 3.68. The Bertz CT molecular complexity index is 732. The van der Waals surface area contributed by atoms with Crippen molar-refractivity contribution in [1.82, 2.24) is 0 Å². The highest BCUT2D eigenvalue weighted by molar-refractivity contribution is 8.00. The van der Waals surface area contributed by atoms with Crippen molar-refractivity contribution in [1.29, 1.82) is 0 Å². The Morgan fingerprint density at radius 1 is 1.17 bits per heavy atom. The van der Waals surface area contributed by atoms with Crippen LogP contribution in [0.5, 0.6) is 0 Å². The first-order valence-corrected chi connectivity index (χ1v) is 8.26. The van der Waals surface area contributed by atoms with E-state index in [4.69, 9.17) is 17.3 Å². The van der Waals surface area contributed by atoms with E-state index in [1.807, 2.05) is 26.0 Å². The van der Waals surface area contributed by atoms with E-state index in [0.29, 0.717) is 16.3 Å². The summed E-state index contributed by atoms with van der Waals surface area (Å²) in [5.41, 5.74) is 7.10. The van der Waals surface area contributed by atoms with Gasteiger partial charge in [-0.2, -0.15) is 0 Å². The Balaban J connectivity index is 2.07. The Morgan fingerprint density at radius 2 is 1.83 bits per heavy atom. The predicted octanol–water partition coefficient (Wildman–Crippen LogP) is 3.87. The highest BCUT2D eigenvalue weighted by atomic mass is 35.5. The first-order chi connectivity index (χ1) is 10.9. The molecule has 0 aliphatic carbocycles. The number of aryl methyl sites for hydroxylation is 1. The molecule has 0 saturated heterocycles. The summed E-state index contributed by atoms with van der Waals surface area (Å²) in [5.74, 6) is -0.668. The highest BCUT2D eigenvalue weighted by Crippen LogP contribution is 2.26. The molecule has 0 bridgehead atoms. The fourth-order valence-corrected chi connectivity index (χ4v) is 2.91. The second-order valence-corrected chi connectivity index (χ2v) is 6.95. The minimum atomic E-state index is -0.524. The van der Waals surface area contributed by atoms with Crippen LogP contribution in [0.2, 0.25) is 5.02 Å². The monoisotopic (exact) mass is 348 g/mol. The number of anilines is 1. The standard InChI is InChI=1S/C17H17ClN2O2S/c1-10-3-4-12(16(19)21)9-15(10)20-17(22)11(2)23-14-7-5-13(18)6-8-14/h3-9,11H,1-2H3,(H2,19,21)(H,20,22).